The minimum Gasteiger partial charge on any atom is -0.480 e. The first-order chi connectivity index (χ1) is 17.3. The fourth-order valence-electron chi connectivity index (χ4n) is 4.06. The van der Waals surface area contributed by atoms with Gasteiger partial charge < -0.3 is 19.9 Å². The van der Waals surface area contributed by atoms with E-state index in [1.54, 1.807) is 17.9 Å². The van der Waals surface area contributed by atoms with Gasteiger partial charge >= 0.3 is 11.9 Å². The molecular weight excluding hydrogens is 555 g/mol. The lowest BCUT2D eigenvalue weighted by Crippen LogP contribution is -2.52. The molecule has 1 aromatic heterocycles. The first-order valence-electron chi connectivity index (χ1n) is 11.5. The number of carboxylic acid groups (broad SMARTS) is 1. The highest BCUT2D eigenvalue weighted by Crippen LogP contribution is 2.37. The van der Waals surface area contributed by atoms with Crippen molar-refractivity contribution in [2.75, 3.05) is 32.9 Å². The predicted octanol–water partition coefficient (Wildman–Crippen LogP) is 3.30. The lowest BCUT2D eigenvalue weighted by atomic mass is 9.95. The van der Waals surface area contributed by atoms with Gasteiger partial charge in [0.15, 0.2) is 10.8 Å². The van der Waals surface area contributed by atoms with E-state index < -0.39 is 29.8 Å². The highest BCUT2D eigenvalue weighted by Gasteiger charge is 2.37. The van der Waals surface area contributed by atoms with Gasteiger partial charge in [0.25, 0.3) is 0 Å². The molecule has 0 saturated carbocycles. The molecule has 9 nitrogen and oxygen atoms in total. The summed E-state index contributed by atoms with van der Waals surface area (Å²) in [5.74, 6) is -1.58. The summed E-state index contributed by atoms with van der Waals surface area (Å²) < 4.78 is 25.1. The second kappa shape index (κ2) is 11.6. The molecule has 1 unspecified atom stereocenters. The third-order valence-electron chi connectivity index (χ3n) is 5.88. The number of aliphatic carboxylic acids is 1. The number of nitrogens with one attached hydrogen (secondary N) is 1. The molecule has 192 valence electrons. The molecule has 36 heavy (non-hydrogen) atoms. The summed E-state index contributed by atoms with van der Waals surface area (Å²) in [6, 6.07) is 2.49. The Balaban J connectivity index is 1.84. The number of amidine groups is 1. The Hall–Kier alpha value is -2.67. The van der Waals surface area contributed by atoms with Crippen molar-refractivity contribution >= 4 is 45.0 Å². The van der Waals surface area contributed by atoms with Crippen LogP contribution in [0.25, 0.3) is 0 Å². The molecule has 2 N–H and O–H groups in total. The first kappa shape index (κ1) is 26.4. The molecule has 3 heterocycles. The van der Waals surface area contributed by atoms with Crippen LogP contribution in [0.1, 0.15) is 36.2 Å². The quantitative estimate of drug-likeness (QED) is 0.457. The van der Waals surface area contributed by atoms with Crippen molar-refractivity contribution in [3.8, 4) is 0 Å². The fourth-order valence-corrected chi connectivity index (χ4v) is 5.48. The van der Waals surface area contributed by atoms with E-state index in [9.17, 15) is 19.1 Å². The maximum absolute atomic E-state index is 13.9. The van der Waals surface area contributed by atoms with Gasteiger partial charge in [0, 0.05) is 28.6 Å². The normalized spacial score (nSPS) is 20.6. The zero-order valence-electron chi connectivity index (χ0n) is 19.8. The number of carbonyl (C=O) groups excluding carboxylic acids is 1. The van der Waals surface area contributed by atoms with Crippen molar-refractivity contribution in [1.82, 2.24) is 15.2 Å². The summed E-state index contributed by atoms with van der Waals surface area (Å²) in [6.45, 7) is 4.74. The molecule has 0 radical (unpaired) electrons. The maximum Gasteiger partial charge on any atom is 0.338 e. The minimum atomic E-state index is -1.01. The molecule has 1 fully saturated rings. The van der Waals surface area contributed by atoms with Gasteiger partial charge in [0.1, 0.15) is 17.9 Å². The molecule has 4 rings (SSSR count). The van der Waals surface area contributed by atoms with Crippen LogP contribution in [0.15, 0.2) is 44.3 Å². The number of esters is 1. The van der Waals surface area contributed by atoms with Gasteiger partial charge in [-0.25, -0.2) is 14.2 Å². The standard InChI is InChI=1S/C24H26BrFN4O5S/c1-3-14-12-36-22(27-14)21-28-17(10-30-7-8-34-11-18(30)23(31)32)19(24(33)35-4-2)20(29-21)15-6-5-13(26)9-16(15)25/h5-6,9,12,18,20H,3-4,7-8,10-11H2,1-2H3,(H,28,29)(H,31,32)/t18-,20?/m0/s1. The van der Waals surface area contributed by atoms with E-state index in [-0.39, 0.29) is 25.3 Å². The van der Waals surface area contributed by atoms with Gasteiger partial charge in [0.05, 0.1) is 31.1 Å². The molecule has 2 aromatic rings. The number of halogens is 2. The third kappa shape index (κ3) is 5.66. The number of ether oxygens (including phenoxy) is 2. The summed E-state index contributed by atoms with van der Waals surface area (Å²) in [4.78, 5) is 36.4. The number of carboxylic acids is 1. The molecule has 1 aromatic carbocycles. The second-order valence-electron chi connectivity index (χ2n) is 8.18. The lowest BCUT2D eigenvalue weighted by Gasteiger charge is -2.35. The zero-order valence-corrected chi connectivity index (χ0v) is 22.2. The van der Waals surface area contributed by atoms with E-state index in [0.717, 1.165) is 12.1 Å². The van der Waals surface area contributed by atoms with Gasteiger partial charge in [-0.05, 0) is 31.0 Å². The largest absolute Gasteiger partial charge is 0.480 e. The van der Waals surface area contributed by atoms with Crippen molar-refractivity contribution in [1.29, 1.82) is 0 Å². The first-order valence-corrected chi connectivity index (χ1v) is 13.2. The maximum atomic E-state index is 13.9. The monoisotopic (exact) mass is 580 g/mol. The Morgan fingerprint density at radius 1 is 1.39 bits per heavy atom. The van der Waals surface area contributed by atoms with Crippen LogP contribution < -0.4 is 5.32 Å². The van der Waals surface area contributed by atoms with E-state index in [4.69, 9.17) is 14.5 Å². The van der Waals surface area contributed by atoms with E-state index in [2.05, 4.69) is 26.2 Å². The minimum absolute atomic E-state index is 0.0393. The van der Waals surface area contributed by atoms with Gasteiger partial charge in [-0.1, -0.05) is 28.9 Å². The van der Waals surface area contributed by atoms with Crippen molar-refractivity contribution < 1.29 is 28.6 Å². The van der Waals surface area contributed by atoms with Crippen molar-refractivity contribution in [2.24, 2.45) is 4.99 Å². The number of morpholine rings is 1. The summed E-state index contributed by atoms with van der Waals surface area (Å²) in [7, 11) is 0. The van der Waals surface area contributed by atoms with Crippen LogP contribution in [-0.4, -0.2) is 71.7 Å². The SMILES string of the molecule is CCOC(=O)C1=C(CN2CCOC[C@H]2C(=O)O)NC(c2nc(CC)cs2)=NC1c1ccc(F)cc1Br. The Kier molecular flexibility index (Phi) is 8.50. The highest BCUT2D eigenvalue weighted by molar-refractivity contribution is 9.10. The van der Waals surface area contributed by atoms with E-state index in [0.29, 0.717) is 39.7 Å². The molecule has 1 saturated heterocycles. The van der Waals surface area contributed by atoms with Crippen LogP contribution in [0.4, 0.5) is 4.39 Å². The number of aliphatic imine (C=N–C) groups is 1. The Labute approximate surface area is 220 Å². The van der Waals surface area contributed by atoms with Crippen LogP contribution >= 0.6 is 27.3 Å². The van der Waals surface area contributed by atoms with Gasteiger partial charge in [-0.3, -0.25) is 14.7 Å². The number of aryl methyl sites for hydroxylation is 1. The van der Waals surface area contributed by atoms with Gasteiger partial charge in [-0.15, -0.1) is 11.3 Å². The van der Waals surface area contributed by atoms with E-state index >= 15 is 0 Å². The van der Waals surface area contributed by atoms with E-state index in [1.165, 1.54) is 23.5 Å². The number of hydrogen-bond acceptors (Lipinski definition) is 9. The number of carbonyl (C=O) groups is 2. The predicted molar refractivity (Wildman–Crippen MR) is 135 cm³/mol. The smallest absolute Gasteiger partial charge is 0.338 e. The fraction of sp³-hybridized carbons (Fsp3) is 0.417. The van der Waals surface area contributed by atoms with Crippen LogP contribution in [0.3, 0.4) is 0 Å². The van der Waals surface area contributed by atoms with E-state index in [1.807, 2.05) is 12.3 Å². The number of thiazole rings is 1. The van der Waals surface area contributed by atoms with Gasteiger partial charge in [-0.2, -0.15) is 0 Å². The topological polar surface area (TPSA) is 113 Å². The van der Waals surface area contributed by atoms with Crippen molar-refractivity contribution in [3.63, 3.8) is 0 Å². The molecule has 0 aliphatic carbocycles. The Bertz CT molecular complexity index is 1220. The second-order valence-corrected chi connectivity index (χ2v) is 9.89. The highest BCUT2D eigenvalue weighted by atomic mass is 79.9. The molecule has 2 aliphatic heterocycles. The number of aromatic nitrogens is 1. The summed E-state index contributed by atoms with van der Waals surface area (Å²) in [5, 5.41) is 15.5. The molecular formula is C24H26BrFN4O5S. The molecule has 12 heteroatoms. The van der Waals surface area contributed by atoms with Crippen LogP contribution in [0, 0.1) is 5.82 Å². The number of benzene rings is 1. The molecule has 2 aliphatic rings. The van der Waals surface area contributed by atoms with Crippen LogP contribution in [0.5, 0.6) is 0 Å². The molecule has 0 amide bonds. The van der Waals surface area contributed by atoms with Crippen molar-refractivity contribution in [3.05, 3.63) is 61.4 Å². The number of hydrogen-bond donors (Lipinski definition) is 2. The average molecular weight is 581 g/mol. The molecule has 2 atom stereocenters. The van der Waals surface area contributed by atoms with Gasteiger partial charge in [0.2, 0.25) is 0 Å². The number of rotatable bonds is 8. The third-order valence-corrected chi connectivity index (χ3v) is 7.47. The Morgan fingerprint density at radius 3 is 2.86 bits per heavy atom. The molecule has 0 bridgehead atoms. The van der Waals surface area contributed by atoms with Crippen LogP contribution in [0.2, 0.25) is 0 Å². The number of nitrogens with zero attached hydrogens (tertiary/aromatic N) is 3. The van der Waals surface area contributed by atoms with Crippen molar-refractivity contribution in [2.45, 2.75) is 32.4 Å². The summed E-state index contributed by atoms with van der Waals surface area (Å²) >= 11 is 4.83. The lowest BCUT2D eigenvalue weighted by molar-refractivity contribution is -0.149. The Morgan fingerprint density at radius 2 is 2.19 bits per heavy atom. The van der Waals surface area contributed by atoms with Crippen LogP contribution in [-0.2, 0) is 25.5 Å². The average Bonchev–Trinajstić information content (AvgIpc) is 3.33. The zero-order chi connectivity index (χ0) is 25.8. The molecule has 0 spiro atoms. The summed E-state index contributed by atoms with van der Waals surface area (Å²) in [6.07, 6.45) is 0.752. The summed E-state index contributed by atoms with van der Waals surface area (Å²) in [5.41, 5.74) is 2.16.